The topological polar surface area (TPSA) is 44.8 Å². The Morgan fingerprint density at radius 1 is 0.889 bits per heavy atom. The molecule has 6 heteroatoms. The molecule has 0 fully saturated rings. The van der Waals surface area contributed by atoms with Gasteiger partial charge in [0.05, 0.1) is 25.1 Å². The minimum absolute atomic E-state index is 0. The molecule has 0 amide bonds. The van der Waals surface area contributed by atoms with E-state index < -0.39 is 0 Å². The van der Waals surface area contributed by atoms with Gasteiger partial charge in [0.2, 0.25) is 0 Å². The monoisotopic (exact) mass is 381 g/mol. The Labute approximate surface area is 175 Å². The molecule has 0 aliphatic carbocycles. The molecule has 1 unspecified atom stereocenters. The first-order valence-corrected chi connectivity index (χ1v) is 9.95. The first-order chi connectivity index (χ1) is 12.5. The summed E-state index contributed by atoms with van der Waals surface area (Å²) in [6.07, 6.45) is 0. The van der Waals surface area contributed by atoms with Gasteiger partial charge in [0.25, 0.3) is 0 Å². The zero-order chi connectivity index (χ0) is 19.1. The average Bonchev–Trinajstić information content (AvgIpc) is 2.58. The van der Waals surface area contributed by atoms with E-state index in [1.165, 1.54) is 0 Å². The van der Waals surface area contributed by atoms with E-state index >= 15 is 0 Å². The molecule has 0 heterocycles. The van der Waals surface area contributed by atoms with Crippen molar-refractivity contribution in [1.29, 1.82) is 0 Å². The van der Waals surface area contributed by atoms with Crippen molar-refractivity contribution in [3.8, 4) is 17.2 Å². The van der Waals surface area contributed by atoms with Crippen molar-refractivity contribution in [1.82, 2.24) is 0 Å². The number of hydrogen-bond donors (Lipinski definition) is 0. The zero-order valence-electron chi connectivity index (χ0n) is 17.1. The fourth-order valence-corrected chi connectivity index (χ4v) is 4.11. The molecule has 0 saturated carbocycles. The van der Waals surface area contributed by atoms with Gasteiger partial charge in [-0.05, 0) is 54.3 Å². The molecule has 2 aromatic rings. The molecule has 1 atom stereocenters. The van der Waals surface area contributed by atoms with E-state index in [9.17, 15) is 4.79 Å². The number of ether oxygens (including phenoxy) is 3. The molecule has 27 heavy (non-hydrogen) atoms. The van der Waals surface area contributed by atoms with Crippen molar-refractivity contribution in [2.75, 3.05) is 19.8 Å². The Morgan fingerprint density at radius 3 is 1.81 bits per heavy atom. The minimum atomic E-state index is -0.0802. The smallest absolute Gasteiger partial charge is 0.186 e. The summed E-state index contributed by atoms with van der Waals surface area (Å²) in [5, 5.41) is 0.796. The fraction of sp³-hybridized carbons (Fsp3) is 0.381. The summed E-state index contributed by atoms with van der Waals surface area (Å²) >= 11 is 0. The minimum Gasteiger partial charge on any atom is -0.494 e. The van der Waals surface area contributed by atoms with Crippen LogP contribution in [0, 0.1) is 13.8 Å². The number of carbonyl (C=O) groups excluding carboxylic acids is 1. The van der Waals surface area contributed by atoms with Crippen molar-refractivity contribution in [3.05, 3.63) is 47.0 Å². The van der Waals surface area contributed by atoms with Gasteiger partial charge in [-0.15, -0.1) is 0 Å². The normalized spacial score (nSPS) is 10.6. The number of carbonyl (C=O) groups is 1. The molecular formula is C21H27LiO4P. The van der Waals surface area contributed by atoms with E-state index in [-0.39, 0.29) is 33.0 Å². The Morgan fingerprint density at radius 2 is 1.37 bits per heavy atom. The Hall–Kier alpha value is -1.46. The van der Waals surface area contributed by atoms with E-state index in [1.807, 2.05) is 65.0 Å². The molecule has 141 valence electrons. The summed E-state index contributed by atoms with van der Waals surface area (Å²) in [6, 6.07) is 9.59. The third-order valence-electron chi connectivity index (χ3n) is 3.90. The summed E-state index contributed by atoms with van der Waals surface area (Å²) in [5.41, 5.74) is 2.85. The number of hydrogen-bond acceptors (Lipinski definition) is 4. The van der Waals surface area contributed by atoms with Gasteiger partial charge in [-0.25, -0.2) is 0 Å². The van der Waals surface area contributed by atoms with Crippen molar-refractivity contribution in [2.45, 2.75) is 34.6 Å². The molecule has 1 radical (unpaired) electrons. The Bertz CT molecular complexity index is 730. The second-order valence-corrected chi connectivity index (χ2v) is 7.02. The van der Waals surface area contributed by atoms with Crippen LogP contribution in [0.1, 0.15) is 42.3 Å². The van der Waals surface area contributed by atoms with Gasteiger partial charge in [-0.2, -0.15) is 0 Å². The van der Waals surface area contributed by atoms with Crippen molar-refractivity contribution < 1.29 is 19.0 Å². The van der Waals surface area contributed by atoms with Gasteiger partial charge in [-0.3, -0.25) is 4.79 Å². The molecule has 0 N–H and O–H groups in total. The molecule has 0 spiro atoms. The molecule has 0 aliphatic rings. The van der Waals surface area contributed by atoms with Crippen LogP contribution in [0.15, 0.2) is 30.3 Å². The third kappa shape index (κ3) is 6.01. The molecule has 2 rings (SSSR count). The molecule has 0 aliphatic heterocycles. The summed E-state index contributed by atoms with van der Waals surface area (Å²) in [7, 11) is -0.0802. The second-order valence-electron chi connectivity index (χ2n) is 5.81. The predicted molar refractivity (Wildman–Crippen MR) is 114 cm³/mol. The molecule has 0 saturated heterocycles. The van der Waals surface area contributed by atoms with Crippen LogP contribution in [-0.2, 0) is 0 Å². The average molecular weight is 381 g/mol. The van der Waals surface area contributed by atoms with Crippen LogP contribution >= 0.6 is 8.58 Å². The summed E-state index contributed by atoms with van der Waals surface area (Å²) < 4.78 is 17.2. The first-order valence-electron chi connectivity index (χ1n) is 8.95. The van der Waals surface area contributed by atoms with Gasteiger partial charge in [0, 0.05) is 36.6 Å². The van der Waals surface area contributed by atoms with E-state index in [2.05, 4.69) is 0 Å². The van der Waals surface area contributed by atoms with Crippen molar-refractivity contribution >= 4 is 38.3 Å². The molecule has 0 bridgehead atoms. The maximum atomic E-state index is 13.0. The first kappa shape index (κ1) is 23.6. The van der Waals surface area contributed by atoms with E-state index in [0.29, 0.717) is 37.1 Å². The number of benzene rings is 2. The Balaban J connectivity index is 0.00000364. The molecule has 0 aromatic heterocycles. The summed E-state index contributed by atoms with van der Waals surface area (Å²) in [4.78, 5) is 13.0. The fourth-order valence-electron chi connectivity index (χ4n) is 2.83. The van der Waals surface area contributed by atoms with E-state index in [0.717, 1.165) is 22.0 Å². The molecule has 4 nitrogen and oxygen atoms in total. The second kappa shape index (κ2) is 11.4. The van der Waals surface area contributed by atoms with Gasteiger partial charge >= 0.3 is 0 Å². The van der Waals surface area contributed by atoms with E-state index in [1.54, 1.807) is 0 Å². The molecule has 2 aromatic carbocycles. The van der Waals surface area contributed by atoms with Crippen LogP contribution < -0.4 is 19.5 Å². The van der Waals surface area contributed by atoms with Crippen LogP contribution in [0.25, 0.3) is 0 Å². The third-order valence-corrected chi connectivity index (χ3v) is 5.12. The summed E-state index contributed by atoms with van der Waals surface area (Å²) in [5.74, 6) is 1.99. The maximum Gasteiger partial charge on any atom is 0.186 e. The quantitative estimate of drug-likeness (QED) is 0.481. The van der Waals surface area contributed by atoms with Gasteiger partial charge in [0.15, 0.2) is 5.52 Å². The zero-order valence-corrected chi connectivity index (χ0v) is 18.1. The Kier molecular flexibility index (Phi) is 9.95. The van der Waals surface area contributed by atoms with Gasteiger partial charge < -0.3 is 14.2 Å². The van der Waals surface area contributed by atoms with Crippen LogP contribution in [0.5, 0.6) is 17.2 Å². The van der Waals surface area contributed by atoms with Gasteiger partial charge in [0.1, 0.15) is 17.2 Å². The maximum absolute atomic E-state index is 13.0. The van der Waals surface area contributed by atoms with Gasteiger partial charge in [-0.1, -0.05) is 18.2 Å². The predicted octanol–water partition coefficient (Wildman–Crippen LogP) is 4.26. The van der Waals surface area contributed by atoms with Crippen molar-refractivity contribution in [3.63, 3.8) is 0 Å². The van der Waals surface area contributed by atoms with Crippen LogP contribution in [0.3, 0.4) is 0 Å². The van der Waals surface area contributed by atoms with Crippen LogP contribution in [-0.4, -0.2) is 44.2 Å². The molecular weight excluding hydrogens is 354 g/mol. The summed E-state index contributed by atoms with van der Waals surface area (Å²) in [6.45, 7) is 11.3. The van der Waals surface area contributed by atoms with Crippen molar-refractivity contribution in [2.24, 2.45) is 0 Å². The largest absolute Gasteiger partial charge is 0.494 e. The van der Waals surface area contributed by atoms with Crippen LogP contribution in [0.4, 0.5) is 0 Å². The standard InChI is InChI=1S/C21H27O4P.Li/c1-6-23-16-12-17(24-7-2)20(18(13-16)25-8-3)26-21(22)19-14(4)10-9-11-15(19)5;/h9-13,26H,6-8H2,1-5H3;. The van der Waals surface area contributed by atoms with Crippen LogP contribution in [0.2, 0.25) is 0 Å². The SMILES string of the molecule is CCOc1cc(OCC)c(PC(=O)c2c(C)cccc2C)c(OCC)c1.[Li]. The number of rotatable bonds is 9. The number of aryl methyl sites for hydroxylation is 2. The van der Waals surface area contributed by atoms with E-state index in [4.69, 9.17) is 14.2 Å².